The Balaban J connectivity index is 1.98. The molecule has 0 amide bonds. The van der Waals surface area contributed by atoms with Gasteiger partial charge >= 0.3 is 0 Å². The van der Waals surface area contributed by atoms with Crippen LogP contribution in [0.5, 0.6) is 0 Å². The summed E-state index contributed by atoms with van der Waals surface area (Å²) < 4.78 is 5.38. The normalized spacial score (nSPS) is 53.8. The SMILES string of the molecule is C[C@H]1CC[C@H]([C@@]2(C)CO2)[C@H](O)C1. The number of aliphatic hydroxyl groups is 1. The number of ether oxygens (including phenoxy) is 1. The third-order valence-electron chi connectivity index (χ3n) is 3.46. The van der Waals surface area contributed by atoms with E-state index in [4.69, 9.17) is 4.74 Å². The molecule has 2 rings (SSSR count). The van der Waals surface area contributed by atoms with E-state index in [9.17, 15) is 5.11 Å². The summed E-state index contributed by atoms with van der Waals surface area (Å²) in [4.78, 5) is 0. The minimum atomic E-state index is -0.124. The highest BCUT2D eigenvalue weighted by Crippen LogP contribution is 2.44. The summed E-state index contributed by atoms with van der Waals surface area (Å²) in [6, 6.07) is 0. The molecule has 2 fully saturated rings. The van der Waals surface area contributed by atoms with E-state index in [1.54, 1.807) is 0 Å². The van der Waals surface area contributed by atoms with Gasteiger partial charge in [0.1, 0.15) is 0 Å². The largest absolute Gasteiger partial charge is 0.393 e. The molecule has 0 spiro atoms. The molecule has 0 unspecified atom stereocenters. The predicted molar refractivity (Wildman–Crippen MR) is 46.9 cm³/mol. The summed E-state index contributed by atoms with van der Waals surface area (Å²) >= 11 is 0. The minimum absolute atomic E-state index is 0.0273. The monoisotopic (exact) mass is 170 g/mol. The second kappa shape index (κ2) is 2.71. The molecule has 2 nitrogen and oxygen atoms in total. The van der Waals surface area contributed by atoms with Crippen molar-refractivity contribution in [3.63, 3.8) is 0 Å². The molecule has 70 valence electrons. The fourth-order valence-corrected chi connectivity index (χ4v) is 2.39. The van der Waals surface area contributed by atoms with Gasteiger partial charge in [-0.25, -0.2) is 0 Å². The lowest BCUT2D eigenvalue weighted by atomic mass is 9.75. The van der Waals surface area contributed by atoms with Crippen LogP contribution in [-0.2, 0) is 4.74 Å². The van der Waals surface area contributed by atoms with Crippen LogP contribution in [-0.4, -0.2) is 23.4 Å². The molecule has 1 heterocycles. The van der Waals surface area contributed by atoms with Gasteiger partial charge < -0.3 is 9.84 Å². The lowest BCUT2D eigenvalue weighted by Crippen LogP contribution is -2.37. The maximum absolute atomic E-state index is 9.83. The molecule has 1 saturated carbocycles. The molecule has 1 N–H and O–H groups in total. The van der Waals surface area contributed by atoms with Crippen LogP contribution >= 0.6 is 0 Å². The van der Waals surface area contributed by atoms with Gasteiger partial charge in [-0.3, -0.25) is 0 Å². The Kier molecular flexibility index (Phi) is 1.92. The Morgan fingerprint density at radius 3 is 2.58 bits per heavy atom. The standard InChI is InChI=1S/C10H18O2/c1-7-3-4-8(9(11)5-7)10(2)6-12-10/h7-9,11H,3-6H2,1-2H3/t7-,8-,9+,10+/m0/s1. The van der Waals surface area contributed by atoms with Crippen LogP contribution in [0.4, 0.5) is 0 Å². The third-order valence-corrected chi connectivity index (χ3v) is 3.46. The van der Waals surface area contributed by atoms with E-state index in [-0.39, 0.29) is 11.7 Å². The van der Waals surface area contributed by atoms with Crippen molar-refractivity contribution in [3.05, 3.63) is 0 Å². The first-order valence-electron chi connectivity index (χ1n) is 4.94. The molecule has 0 bridgehead atoms. The van der Waals surface area contributed by atoms with E-state index in [0.29, 0.717) is 11.8 Å². The molecule has 1 saturated heterocycles. The third kappa shape index (κ3) is 1.38. The van der Waals surface area contributed by atoms with Gasteiger partial charge in [-0.15, -0.1) is 0 Å². The van der Waals surface area contributed by atoms with Gasteiger partial charge in [0.05, 0.1) is 18.3 Å². The Labute approximate surface area is 73.9 Å². The number of aliphatic hydroxyl groups excluding tert-OH is 1. The summed E-state index contributed by atoms with van der Waals surface area (Å²) in [7, 11) is 0. The molecule has 0 aromatic carbocycles. The fourth-order valence-electron chi connectivity index (χ4n) is 2.39. The highest BCUT2D eigenvalue weighted by molar-refractivity contribution is 4.99. The van der Waals surface area contributed by atoms with Gasteiger partial charge in [0, 0.05) is 5.92 Å². The van der Waals surface area contributed by atoms with Crippen LogP contribution < -0.4 is 0 Å². The second-order valence-corrected chi connectivity index (χ2v) is 4.69. The molecule has 0 aromatic heterocycles. The summed E-state index contributed by atoms with van der Waals surface area (Å²) in [5.41, 5.74) is 0.0273. The van der Waals surface area contributed by atoms with E-state index in [1.165, 1.54) is 6.42 Å². The van der Waals surface area contributed by atoms with Crippen molar-refractivity contribution in [2.45, 2.75) is 44.8 Å². The maximum Gasteiger partial charge on any atom is 0.0941 e. The topological polar surface area (TPSA) is 32.8 Å². The number of rotatable bonds is 1. The van der Waals surface area contributed by atoms with E-state index >= 15 is 0 Å². The van der Waals surface area contributed by atoms with Crippen molar-refractivity contribution in [3.8, 4) is 0 Å². The number of epoxide rings is 1. The predicted octanol–water partition coefficient (Wildman–Crippen LogP) is 1.57. The van der Waals surface area contributed by atoms with Gasteiger partial charge in [0.25, 0.3) is 0 Å². The Morgan fingerprint density at radius 2 is 2.08 bits per heavy atom. The van der Waals surface area contributed by atoms with Gasteiger partial charge in [-0.1, -0.05) is 13.3 Å². The lowest BCUT2D eigenvalue weighted by Gasteiger charge is -2.33. The lowest BCUT2D eigenvalue weighted by molar-refractivity contribution is 0.0103. The van der Waals surface area contributed by atoms with E-state index < -0.39 is 0 Å². The minimum Gasteiger partial charge on any atom is -0.393 e. The fraction of sp³-hybridized carbons (Fsp3) is 1.00. The van der Waals surface area contributed by atoms with Gasteiger partial charge in [-0.05, 0) is 25.7 Å². The molecule has 1 aliphatic heterocycles. The van der Waals surface area contributed by atoms with Crippen LogP contribution in [0.3, 0.4) is 0 Å². The summed E-state index contributed by atoms with van der Waals surface area (Å²) in [5, 5.41) is 9.83. The zero-order valence-corrected chi connectivity index (χ0v) is 7.92. The second-order valence-electron chi connectivity index (χ2n) is 4.69. The molecule has 12 heavy (non-hydrogen) atoms. The molecule has 0 radical (unpaired) electrons. The molecule has 4 atom stereocenters. The van der Waals surface area contributed by atoms with Crippen molar-refractivity contribution in [1.29, 1.82) is 0 Å². The highest BCUT2D eigenvalue weighted by atomic mass is 16.6. The zero-order chi connectivity index (χ0) is 8.77. The van der Waals surface area contributed by atoms with Crippen molar-refractivity contribution >= 4 is 0 Å². The molecule has 1 aliphatic carbocycles. The van der Waals surface area contributed by atoms with Crippen LogP contribution in [0.2, 0.25) is 0 Å². The van der Waals surface area contributed by atoms with E-state index in [1.807, 2.05) is 0 Å². The average Bonchev–Trinajstić information content (AvgIpc) is 2.68. The molecule has 0 aromatic rings. The Bertz CT molecular complexity index is 175. The number of hydrogen-bond acceptors (Lipinski definition) is 2. The van der Waals surface area contributed by atoms with Gasteiger partial charge in [0.15, 0.2) is 0 Å². The molecular formula is C10H18O2. The molecule has 2 aliphatic rings. The first kappa shape index (κ1) is 8.52. The van der Waals surface area contributed by atoms with Crippen LogP contribution in [0.1, 0.15) is 33.1 Å². The summed E-state index contributed by atoms with van der Waals surface area (Å²) in [5.74, 6) is 1.09. The van der Waals surface area contributed by atoms with Crippen LogP contribution in [0.25, 0.3) is 0 Å². The average molecular weight is 170 g/mol. The van der Waals surface area contributed by atoms with Crippen molar-refractivity contribution < 1.29 is 9.84 Å². The van der Waals surface area contributed by atoms with Crippen molar-refractivity contribution in [2.75, 3.05) is 6.61 Å². The van der Waals surface area contributed by atoms with Crippen molar-refractivity contribution in [2.24, 2.45) is 11.8 Å². The van der Waals surface area contributed by atoms with Crippen molar-refractivity contribution in [1.82, 2.24) is 0 Å². The quantitative estimate of drug-likeness (QED) is 0.606. The summed E-state index contributed by atoms with van der Waals surface area (Å²) in [6.07, 6.45) is 3.23. The summed E-state index contributed by atoms with van der Waals surface area (Å²) in [6.45, 7) is 5.19. The van der Waals surface area contributed by atoms with Crippen LogP contribution in [0.15, 0.2) is 0 Å². The van der Waals surface area contributed by atoms with E-state index in [2.05, 4.69) is 13.8 Å². The maximum atomic E-state index is 9.83. The van der Waals surface area contributed by atoms with E-state index in [0.717, 1.165) is 19.4 Å². The van der Waals surface area contributed by atoms with Gasteiger partial charge in [-0.2, -0.15) is 0 Å². The molecule has 2 heteroatoms. The van der Waals surface area contributed by atoms with Crippen LogP contribution in [0, 0.1) is 11.8 Å². The number of hydrogen-bond donors (Lipinski definition) is 1. The zero-order valence-electron chi connectivity index (χ0n) is 7.92. The highest BCUT2D eigenvalue weighted by Gasteiger charge is 2.50. The Hall–Kier alpha value is -0.0800. The Morgan fingerprint density at radius 1 is 1.42 bits per heavy atom. The first-order chi connectivity index (χ1) is 5.62. The van der Waals surface area contributed by atoms with Gasteiger partial charge in [0.2, 0.25) is 0 Å². The first-order valence-corrected chi connectivity index (χ1v) is 4.94. The smallest absolute Gasteiger partial charge is 0.0941 e. The molecular weight excluding hydrogens is 152 g/mol.